The minimum Gasteiger partial charge on any atom is -0.371 e. The van der Waals surface area contributed by atoms with Crippen LogP contribution in [0.5, 0.6) is 0 Å². The van der Waals surface area contributed by atoms with Gasteiger partial charge < -0.3 is 15.5 Å². The zero-order valence-corrected chi connectivity index (χ0v) is 19.5. The van der Waals surface area contributed by atoms with Gasteiger partial charge in [0.25, 0.3) is 5.91 Å². The van der Waals surface area contributed by atoms with E-state index in [2.05, 4.69) is 31.7 Å². The Morgan fingerprint density at radius 3 is 2.64 bits per heavy atom. The number of fused-ring (bicyclic) bond motifs is 1. The number of amides is 2. The molecule has 1 aromatic carbocycles. The lowest BCUT2D eigenvalue weighted by atomic mass is 10.1. The summed E-state index contributed by atoms with van der Waals surface area (Å²) in [6.07, 6.45) is 6.95. The molecule has 1 aliphatic rings. The topological polar surface area (TPSA) is 92.1 Å². The lowest BCUT2D eigenvalue weighted by Gasteiger charge is -2.20. The average molecular weight is 449 g/mol. The molecule has 1 unspecified atom stereocenters. The van der Waals surface area contributed by atoms with Crippen LogP contribution in [0.15, 0.2) is 42.7 Å². The first-order valence-electron chi connectivity index (χ1n) is 11.8. The van der Waals surface area contributed by atoms with Gasteiger partial charge in [0.15, 0.2) is 5.65 Å². The number of nitrogens with zero attached hydrogens (tertiary/aromatic N) is 4. The monoisotopic (exact) mass is 448 g/mol. The van der Waals surface area contributed by atoms with E-state index in [1.807, 2.05) is 43.7 Å². The summed E-state index contributed by atoms with van der Waals surface area (Å²) in [4.78, 5) is 32.7. The van der Waals surface area contributed by atoms with Gasteiger partial charge in [0, 0.05) is 42.1 Å². The minimum atomic E-state index is -0.632. The van der Waals surface area contributed by atoms with Crippen molar-refractivity contribution in [3.63, 3.8) is 0 Å². The fraction of sp³-hybridized carbons (Fsp3) is 0.440. The highest BCUT2D eigenvalue weighted by Gasteiger charge is 2.22. The smallest absolute Gasteiger partial charge is 0.253 e. The molecule has 4 rings (SSSR count). The molecule has 1 atom stereocenters. The summed E-state index contributed by atoms with van der Waals surface area (Å²) in [5, 5.41) is 11.0. The number of carbonyl (C=O) groups is 2. The normalized spacial score (nSPS) is 14.6. The highest BCUT2D eigenvalue weighted by molar-refractivity contribution is 6.02. The van der Waals surface area contributed by atoms with Crippen LogP contribution < -0.4 is 15.5 Å². The Labute approximate surface area is 194 Å². The van der Waals surface area contributed by atoms with Crippen molar-refractivity contribution in [3.8, 4) is 0 Å². The fourth-order valence-electron chi connectivity index (χ4n) is 4.23. The number of rotatable bonds is 8. The third kappa shape index (κ3) is 5.16. The Morgan fingerprint density at radius 2 is 1.91 bits per heavy atom. The van der Waals surface area contributed by atoms with Crippen LogP contribution >= 0.6 is 0 Å². The minimum absolute atomic E-state index is 0.177. The van der Waals surface area contributed by atoms with E-state index < -0.39 is 6.04 Å². The van der Waals surface area contributed by atoms with Crippen molar-refractivity contribution in [2.24, 2.45) is 0 Å². The van der Waals surface area contributed by atoms with Crippen molar-refractivity contribution in [3.05, 3.63) is 48.3 Å². The van der Waals surface area contributed by atoms with Crippen LogP contribution in [0.4, 0.5) is 11.4 Å². The van der Waals surface area contributed by atoms with Crippen LogP contribution in [0.25, 0.3) is 11.0 Å². The summed E-state index contributed by atoms with van der Waals surface area (Å²) in [6, 6.07) is 9.21. The summed E-state index contributed by atoms with van der Waals surface area (Å²) in [7, 11) is 0. The lowest BCUT2D eigenvalue weighted by Crippen LogP contribution is -2.43. The van der Waals surface area contributed by atoms with Crippen molar-refractivity contribution in [2.45, 2.75) is 58.5 Å². The largest absolute Gasteiger partial charge is 0.371 e. The second kappa shape index (κ2) is 10.0. The Balaban J connectivity index is 1.45. The van der Waals surface area contributed by atoms with Gasteiger partial charge in [-0.05, 0) is 57.4 Å². The Kier molecular flexibility index (Phi) is 6.91. The van der Waals surface area contributed by atoms with Gasteiger partial charge >= 0.3 is 0 Å². The van der Waals surface area contributed by atoms with Crippen LogP contribution in [0.1, 0.15) is 62.9 Å². The van der Waals surface area contributed by atoms with Gasteiger partial charge in [0.1, 0.15) is 6.04 Å². The van der Waals surface area contributed by atoms with E-state index in [1.54, 1.807) is 18.5 Å². The van der Waals surface area contributed by atoms with E-state index >= 15 is 0 Å². The first kappa shape index (κ1) is 22.8. The summed E-state index contributed by atoms with van der Waals surface area (Å²) >= 11 is 0. The molecule has 0 spiro atoms. The number of pyridine rings is 1. The average Bonchev–Trinajstić information content (AvgIpc) is 3.48. The standard InChI is InChI=1S/C25H32N6O2/c1-4-8-22(25(33)28-20-9-7-10-21(14-20)30-11-5-6-12-30)29-24(32)19-13-18-16-27-31(17(2)3)23(18)26-15-19/h7,9-10,13-17,22H,4-6,8,11-12H2,1-3H3,(H,28,33)(H,29,32). The molecule has 0 aliphatic carbocycles. The van der Waals surface area contributed by atoms with E-state index in [0.717, 1.165) is 41.9 Å². The summed E-state index contributed by atoms with van der Waals surface area (Å²) in [5.41, 5.74) is 3.00. The lowest BCUT2D eigenvalue weighted by molar-refractivity contribution is -0.118. The molecule has 1 saturated heterocycles. The first-order chi connectivity index (χ1) is 16.0. The zero-order valence-electron chi connectivity index (χ0n) is 19.5. The van der Waals surface area contributed by atoms with Gasteiger partial charge in [-0.2, -0.15) is 5.10 Å². The van der Waals surface area contributed by atoms with Gasteiger partial charge in [0.2, 0.25) is 5.91 Å². The molecular weight excluding hydrogens is 416 g/mol. The maximum atomic E-state index is 13.0. The molecular formula is C25H32N6O2. The maximum Gasteiger partial charge on any atom is 0.253 e. The van der Waals surface area contributed by atoms with E-state index in [-0.39, 0.29) is 17.9 Å². The van der Waals surface area contributed by atoms with E-state index in [0.29, 0.717) is 12.0 Å². The van der Waals surface area contributed by atoms with Gasteiger partial charge in [-0.15, -0.1) is 0 Å². The predicted octanol–water partition coefficient (Wildman–Crippen LogP) is 4.15. The van der Waals surface area contributed by atoms with Crippen molar-refractivity contribution in [2.75, 3.05) is 23.3 Å². The molecule has 8 nitrogen and oxygen atoms in total. The molecule has 3 heterocycles. The molecule has 1 aliphatic heterocycles. The van der Waals surface area contributed by atoms with Crippen LogP contribution in [0.2, 0.25) is 0 Å². The van der Waals surface area contributed by atoms with Gasteiger partial charge in [-0.1, -0.05) is 19.4 Å². The SMILES string of the molecule is CCCC(NC(=O)c1cnc2c(cnn2C(C)C)c1)C(=O)Nc1cccc(N2CCCC2)c1. The first-order valence-corrected chi connectivity index (χ1v) is 11.8. The molecule has 174 valence electrons. The van der Waals surface area contributed by atoms with Crippen LogP contribution in [-0.2, 0) is 4.79 Å². The molecule has 8 heteroatoms. The highest BCUT2D eigenvalue weighted by atomic mass is 16.2. The number of aromatic nitrogens is 3. The van der Waals surface area contributed by atoms with Gasteiger partial charge in [-0.3, -0.25) is 9.59 Å². The molecule has 2 aromatic heterocycles. The number of hydrogen-bond donors (Lipinski definition) is 2. The molecule has 0 saturated carbocycles. The molecule has 2 N–H and O–H groups in total. The summed E-state index contributed by atoms with van der Waals surface area (Å²) in [6.45, 7) is 8.14. The van der Waals surface area contributed by atoms with Crippen LogP contribution in [0.3, 0.4) is 0 Å². The van der Waals surface area contributed by atoms with E-state index in [9.17, 15) is 9.59 Å². The number of hydrogen-bond acceptors (Lipinski definition) is 5. The molecule has 2 amide bonds. The number of benzene rings is 1. The van der Waals surface area contributed by atoms with Crippen molar-refractivity contribution in [1.29, 1.82) is 0 Å². The molecule has 0 bridgehead atoms. The van der Waals surface area contributed by atoms with Gasteiger partial charge in [0.05, 0.1) is 11.8 Å². The second-order valence-corrected chi connectivity index (χ2v) is 8.87. The zero-order chi connectivity index (χ0) is 23.4. The Morgan fingerprint density at radius 1 is 1.12 bits per heavy atom. The summed E-state index contributed by atoms with van der Waals surface area (Å²) in [5.74, 6) is -0.536. The van der Waals surface area contributed by atoms with E-state index in [1.165, 1.54) is 12.8 Å². The number of carbonyl (C=O) groups excluding carboxylic acids is 2. The van der Waals surface area contributed by atoms with E-state index in [4.69, 9.17) is 0 Å². The molecule has 33 heavy (non-hydrogen) atoms. The second-order valence-electron chi connectivity index (χ2n) is 8.87. The fourth-order valence-corrected chi connectivity index (χ4v) is 4.23. The number of nitrogens with one attached hydrogen (secondary N) is 2. The van der Waals surface area contributed by atoms with Crippen molar-refractivity contribution >= 4 is 34.2 Å². The predicted molar refractivity (Wildman–Crippen MR) is 131 cm³/mol. The summed E-state index contributed by atoms with van der Waals surface area (Å²) < 4.78 is 1.82. The van der Waals surface area contributed by atoms with Crippen molar-refractivity contribution in [1.82, 2.24) is 20.1 Å². The van der Waals surface area contributed by atoms with Crippen molar-refractivity contribution < 1.29 is 9.59 Å². The maximum absolute atomic E-state index is 13.0. The molecule has 1 fully saturated rings. The third-order valence-electron chi connectivity index (χ3n) is 5.97. The van der Waals surface area contributed by atoms with Gasteiger partial charge in [-0.25, -0.2) is 9.67 Å². The Bertz CT molecular complexity index is 1130. The quantitative estimate of drug-likeness (QED) is 0.540. The molecule has 0 radical (unpaired) electrons. The highest BCUT2D eigenvalue weighted by Crippen LogP contribution is 2.23. The Hall–Kier alpha value is -3.42. The number of anilines is 2. The van der Waals surface area contributed by atoms with Crippen LogP contribution in [-0.4, -0.2) is 45.7 Å². The van der Waals surface area contributed by atoms with Crippen LogP contribution in [0, 0.1) is 0 Å². The third-order valence-corrected chi connectivity index (χ3v) is 5.97. The molecule has 3 aromatic rings.